The van der Waals surface area contributed by atoms with Gasteiger partial charge in [-0.05, 0) is 43.0 Å². The Hall–Kier alpha value is -2.93. The first-order valence-corrected chi connectivity index (χ1v) is 9.98. The fraction of sp³-hybridized carbons (Fsp3) is 0.409. The molecule has 3 N–H and O–H groups in total. The minimum atomic E-state index is -0.172. The third kappa shape index (κ3) is 3.35. The largest absolute Gasteiger partial charge is 0.341 e. The lowest BCUT2D eigenvalue weighted by Crippen LogP contribution is -2.31. The van der Waals surface area contributed by atoms with Crippen LogP contribution in [0.3, 0.4) is 0 Å². The number of aromatic amines is 1. The van der Waals surface area contributed by atoms with Crippen molar-refractivity contribution in [3.05, 3.63) is 63.1 Å². The summed E-state index contributed by atoms with van der Waals surface area (Å²) in [4.78, 5) is 31.9. The standard InChI is InChI=1S/C22H27N5O2/c1-13-17(14(2)24-21-20(13)22(29)25-26(21)3)9-19(28)27-11-16(10-23)18(12-27)15-7-5-4-6-8-15/h4-8,16,18H,9-12,23H2,1-3H3,(H,25,29)/t16-,18+/m1/s1. The molecule has 1 saturated heterocycles. The number of hydrogen-bond acceptors (Lipinski definition) is 4. The molecule has 0 bridgehead atoms. The number of fused-ring (bicyclic) bond motifs is 1. The zero-order valence-electron chi connectivity index (χ0n) is 17.1. The predicted octanol–water partition coefficient (Wildman–Crippen LogP) is 1.62. The number of amides is 1. The number of benzene rings is 1. The van der Waals surface area contributed by atoms with Crippen LogP contribution in [0.4, 0.5) is 0 Å². The summed E-state index contributed by atoms with van der Waals surface area (Å²) in [6.07, 6.45) is 0.244. The molecule has 0 saturated carbocycles. The summed E-state index contributed by atoms with van der Waals surface area (Å²) in [5, 5.41) is 3.31. The monoisotopic (exact) mass is 393 g/mol. The van der Waals surface area contributed by atoms with E-state index in [4.69, 9.17) is 5.73 Å². The summed E-state index contributed by atoms with van der Waals surface area (Å²) >= 11 is 0. The van der Waals surface area contributed by atoms with E-state index in [1.807, 2.05) is 36.9 Å². The highest BCUT2D eigenvalue weighted by molar-refractivity contribution is 5.85. The molecule has 29 heavy (non-hydrogen) atoms. The van der Waals surface area contributed by atoms with Crippen LogP contribution in [0.1, 0.15) is 28.3 Å². The van der Waals surface area contributed by atoms with Gasteiger partial charge in [-0.3, -0.25) is 19.4 Å². The van der Waals surface area contributed by atoms with Crippen LogP contribution < -0.4 is 11.3 Å². The van der Waals surface area contributed by atoms with Gasteiger partial charge in [0.2, 0.25) is 5.91 Å². The highest BCUT2D eigenvalue weighted by Crippen LogP contribution is 2.32. The van der Waals surface area contributed by atoms with Gasteiger partial charge in [-0.1, -0.05) is 30.3 Å². The van der Waals surface area contributed by atoms with Crippen LogP contribution in [0, 0.1) is 19.8 Å². The van der Waals surface area contributed by atoms with Crippen molar-refractivity contribution in [2.24, 2.45) is 18.7 Å². The van der Waals surface area contributed by atoms with Crippen molar-refractivity contribution in [1.29, 1.82) is 0 Å². The van der Waals surface area contributed by atoms with Gasteiger partial charge in [0.05, 0.1) is 11.8 Å². The molecule has 1 amide bonds. The lowest BCUT2D eigenvalue weighted by atomic mass is 9.89. The molecule has 7 heteroatoms. The highest BCUT2D eigenvalue weighted by atomic mass is 16.2. The third-order valence-corrected chi connectivity index (χ3v) is 6.23. The van der Waals surface area contributed by atoms with Crippen molar-refractivity contribution in [2.45, 2.75) is 26.2 Å². The molecule has 4 rings (SSSR count). The molecule has 1 aliphatic heterocycles. The zero-order chi connectivity index (χ0) is 20.7. The van der Waals surface area contributed by atoms with Gasteiger partial charge in [0.25, 0.3) is 5.56 Å². The number of H-pyrrole nitrogens is 1. The molecular formula is C22H27N5O2. The fourth-order valence-electron chi connectivity index (χ4n) is 4.56. The first kappa shape index (κ1) is 19.4. The quantitative estimate of drug-likeness (QED) is 0.704. The molecule has 1 aromatic carbocycles. The molecule has 0 radical (unpaired) electrons. The molecule has 0 spiro atoms. The second-order valence-corrected chi connectivity index (χ2v) is 7.99. The van der Waals surface area contributed by atoms with Gasteiger partial charge >= 0.3 is 0 Å². The van der Waals surface area contributed by atoms with Crippen molar-refractivity contribution < 1.29 is 4.79 Å². The van der Waals surface area contributed by atoms with Gasteiger partial charge < -0.3 is 10.6 Å². The van der Waals surface area contributed by atoms with Crippen molar-refractivity contribution in [3.63, 3.8) is 0 Å². The normalized spacial score (nSPS) is 19.2. The Morgan fingerprint density at radius 2 is 1.97 bits per heavy atom. The molecule has 2 atom stereocenters. The fourth-order valence-corrected chi connectivity index (χ4v) is 4.56. The molecule has 1 aliphatic rings. The second kappa shape index (κ2) is 7.48. The first-order chi connectivity index (χ1) is 13.9. The number of rotatable bonds is 4. The first-order valence-electron chi connectivity index (χ1n) is 9.98. The van der Waals surface area contributed by atoms with Crippen LogP contribution in [0.5, 0.6) is 0 Å². The van der Waals surface area contributed by atoms with Crippen molar-refractivity contribution in [2.75, 3.05) is 19.6 Å². The van der Waals surface area contributed by atoms with E-state index in [9.17, 15) is 9.59 Å². The molecule has 0 aliphatic carbocycles. The average molecular weight is 393 g/mol. The van der Waals surface area contributed by atoms with E-state index in [0.29, 0.717) is 30.7 Å². The highest BCUT2D eigenvalue weighted by Gasteiger charge is 2.35. The Balaban J connectivity index is 1.60. The Bertz CT molecular complexity index is 1120. The van der Waals surface area contributed by atoms with Crippen molar-refractivity contribution >= 4 is 16.9 Å². The number of nitrogens with one attached hydrogen (secondary N) is 1. The summed E-state index contributed by atoms with van der Waals surface area (Å²) in [5.74, 6) is 0.563. The average Bonchev–Trinajstić information content (AvgIpc) is 3.26. The number of carbonyl (C=O) groups is 1. The summed E-state index contributed by atoms with van der Waals surface area (Å²) in [6, 6.07) is 10.3. The second-order valence-electron chi connectivity index (χ2n) is 7.99. The van der Waals surface area contributed by atoms with Gasteiger partial charge in [-0.25, -0.2) is 4.98 Å². The van der Waals surface area contributed by atoms with Crippen LogP contribution in [-0.2, 0) is 18.3 Å². The van der Waals surface area contributed by atoms with Crippen LogP contribution in [0.25, 0.3) is 11.0 Å². The molecule has 0 unspecified atom stereocenters. The summed E-state index contributed by atoms with van der Waals surface area (Å²) in [7, 11) is 1.77. The maximum absolute atomic E-state index is 13.1. The van der Waals surface area contributed by atoms with E-state index in [1.165, 1.54) is 5.56 Å². The van der Waals surface area contributed by atoms with E-state index in [-0.39, 0.29) is 29.7 Å². The SMILES string of the molecule is Cc1nc2c(c(C)c1CC(=O)N1C[C@@H](CN)[C@H](c3ccccc3)C1)c(=O)[nH]n2C. The van der Waals surface area contributed by atoms with Crippen molar-refractivity contribution in [1.82, 2.24) is 19.7 Å². The van der Waals surface area contributed by atoms with Gasteiger partial charge in [0, 0.05) is 31.7 Å². The molecule has 152 valence electrons. The number of carbonyl (C=O) groups excluding carboxylic acids is 1. The third-order valence-electron chi connectivity index (χ3n) is 6.23. The topological polar surface area (TPSA) is 97.0 Å². The predicted molar refractivity (Wildman–Crippen MR) is 113 cm³/mol. The Morgan fingerprint density at radius 3 is 2.66 bits per heavy atom. The lowest BCUT2D eigenvalue weighted by Gasteiger charge is -2.18. The van der Waals surface area contributed by atoms with E-state index < -0.39 is 0 Å². The van der Waals surface area contributed by atoms with Gasteiger partial charge in [-0.2, -0.15) is 0 Å². The summed E-state index contributed by atoms with van der Waals surface area (Å²) in [6.45, 7) is 5.67. The van der Waals surface area contributed by atoms with Crippen LogP contribution in [0.15, 0.2) is 35.1 Å². The maximum Gasteiger partial charge on any atom is 0.273 e. The number of pyridine rings is 1. The molecule has 2 aromatic heterocycles. The number of aromatic nitrogens is 3. The number of aryl methyl sites for hydroxylation is 3. The molecule has 3 aromatic rings. The zero-order valence-corrected chi connectivity index (χ0v) is 17.1. The van der Waals surface area contributed by atoms with Gasteiger partial charge in [0.1, 0.15) is 0 Å². The minimum Gasteiger partial charge on any atom is -0.341 e. The van der Waals surface area contributed by atoms with Gasteiger partial charge in [0.15, 0.2) is 5.65 Å². The maximum atomic E-state index is 13.1. The minimum absolute atomic E-state index is 0.0570. The molecule has 7 nitrogen and oxygen atoms in total. The Kier molecular flexibility index (Phi) is 5.00. The van der Waals surface area contributed by atoms with Crippen LogP contribution in [0.2, 0.25) is 0 Å². The van der Waals surface area contributed by atoms with Crippen LogP contribution in [-0.4, -0.2) is 45.2 Å². The van der Waals surface area contributed by atoms with E-state index in [0.717, 1.165) is 16.8 Å². The Labute approximate surface area is 169 Å². The van der Waals surface area contributed by atoms with E-state index in [2.05, 4.69) is 22.2 Å². The van der Waals surface area contributed by atoms with Crippen LogP contribution >= 0.6 is 0 Å². The molecule has 1 fully saturated rings. The summed E-state index contributed by atoms with van der Waals surface area (Å²) in [5.41, 5.74) is 10.1. The summed E-state index contributed by atoms with van der Waals surface area (Å²) < 4.78 is 1.63. The number of nitrogens with zero attached hydrogens (tertiary/aromatic N) is 3. The van der Waals surface area contributed by atoms with Crippen molar-refractivity contribution in [3.8, 4) is 0 Å². The van der Waals surface area contributed by atoms with Gasteiger partial charge in [-0.15, -0.1) is 0 Å². The Morgan fingerprint density at radius 1 is 1.24 bits per heavy atom. The lowest BCUT2D eigenvalue weighted by molar-refractivity contribution is -0.129. The number of likely N-dealkylation sites (tertiary alicyclic amines) is 1. The number of hydrogen-bond donors (Lipinski definition) is 2. The van der Waals surface area contributed by atoms with E-state index >= 15 is 0 Å². The number of nitrogens with two attached hydrogens (primary N) is 1. The smallest absolute Gasteiger partial charge is 0.273 e. The van der Waals surface area contributed by atoms with E-state index in [1.54, 1.807) is 11.7 Å². The molecule has 3 heterocycles. The molecular weight excluding hydrogens is 366 g/mol.